The van der Waals surface area contributed by atoms with E-state index < -0.39 is 0 Å². The third kappa shape index (κ3) is 1.46. The van der Waals surface area contributed by atoms with Crippen LogP contribution >= 0.6 is 11.6 Å². The van der Waals surface area contributed by atoms with Crippen molar-refractivity contribution in [2.45, 2.75) is 0 Å². The van der Waals surface area contributed by atoms with Gasteiger partial charge in [-0.1, -0.05) is 11.6 Å². The number of hydrazone groups is 1. The monoisotopic (exact) mass is 235 g/mol. The first kappa shape index (κ1) is 9.66. The summed E-state index contributed by atoms with van der Waals surface area (Å²) in [6.45, 7) is 1.46. The number of hydrogen-bond acceptors (Lipinski definition) is 3. The van der Waals surface area contributed by atoms with Gasteiger partial charge in [-0.25, -0.2) is 0 Å². The van der Waals surface area contributed by atoms with E-state index in [9.17, 15) is 4.79 Å². The van der Waals surface area contributed by atoms with Crippen LogP contribution in [0.2, 0.25) is 5.02 Å². The first-order chi connectivity index (χ1) is 7.74. The van der Waals surface area contributed by atoms with Crippen LogP contribution in [0.15, 0.2) is 29.4 Å². The predicted molar refractivity (Wildman–Crippen MR) is 62.7 cm³/mol. The Morgan fingerprint density at radius 2 is 2.12 bits per heavy atom. The molecule has 0 radical (unpaired) electrons. The van der Waals surface area contributed by atoms with E-state index in [0.717, 1.165) is 12.2 Å². The zero-order chi connectivity index (χ0) is 11.1. The van der Waals surface area contributed by atoms with E-state index in [0.29, 0.717) is 17.3 Å². The lowest BCUT2D eigenvalue weighted by Gasteiger charge is -2.15. The molecule has 2 heterocycles. The third-order valence-electron chi connectivity index (χ3n) is 2.87. The fourth-order valence-corrected chi connectivity index (χ4v) is 2.15. The van der Waals surface area contributed by atoms with E-state index in [1.807, 2.05) is 29.3 Å². The number of fused-ring (bicyclic) bond motifs is 1. The second kappa shape index (κ2) is 3.49. The van der Waals surface area contributed by atoms with Gasteiger partial charge in [-0.2, -0.15) is 5.10 Å². The number of rotatable bonds is 1. The van der Waals surface area contributed by atoms with E-state index >= 15 is 0 Å². The number of carbonyl (C=O) groups is 1. The summed E-state index contributed by atoms with van der Waals surface area (Å²) in [5, 5.41) is 9.67. The van der Waals surface area contributed by atoms with Crippen molar-refractivity contribution in [1.82, 2.24) is 5.32 Å². The Morgan fingerprint density at radius 3 is 2.81 bits per heavy atom. The lowest BCUT2D eigenvalue weighted by Crippen LogP contribution is -2.22. The van der Waals surface area contributed by atoms with Crippen molar-refractivity contribution in [3.8, 4) is 0 Å². The van der Waals surface area contributed by atoms with Crippen molar-refractivity contribution in [2.75, 3.05) is 18.1 Å². The molecule has 2 aliphatic heterocycles. The Hall–Kier alpha value is -1.55. The Labute approximate surface area is 97.9 Å². The van der Waals surface area contributed by atoms with E-state index in [4.69, 9.17) is 11.6 Å². The van der Waals surface area contributed by atoms with Crippen LogP contribution in [-0.4, -0.2) is 24.7 Å². The summed E-state index contributed by atoms with van der Waals surface area (Å²) < 4.78 is 0. The molecule has 0 aromatic heterocycles. The van der Waals surface area contributed by atoms with Gasteiger partial charge in [-0.3, -0.25) is 9.80 Å². The van der Waals surface area contributed by atoms with Gasteiger partial charge in [0.2, 0.25) is 0 Å². The lowest BCUT2D eigenvalue weighted by molar-refractivity contribution is -0.113. The fraction of sp³-hybridized carbons (Fsp3) is 0.273. The van der Waals surface area contributed by atoms with E-state index in [1.165, 1.54) is 0 Å². The molecular weight excluding hydrogens is 226 g/mol. The summed E-state index contributed by atoms with van der Waals surface area (Å²) in [6.07, 6.45) is 0. The second-order valence-electron chi connectivity index (χ2n) is 3.95. The van der Waals surface area contributed by atoms with Gasteiger partial charge in [0.05, 0.1) is 12.2 Å². The van der Waals surface area contributed by atoms with Crippen LogP contribution < -0.4 is 10.3 Å². The molecule has 1 fully saturated rings. The molecule has 0 saturated carbocycles. The van der Waals surface area contributed by atoms with Gasteiger partial charge < -0.3 is 5.32 Å². The Kier molecular flexibility index (Phi) is 2.11. The summed E-state index contributed by atoms with van der Waals surface area (Å²) in [6, 6.07) is 7.47. The molecule has 0 spiro atoms. The van der Waals surface area contributed by atoms with Crippen LogP contribution in [0.25, 0.3) is 0 Å². The number of amides is 1. The van der Waals surface area contributed by atoms with Gasteiger partial charge in [0.15, 0.2) is 0 Å². The quantitative estimate of drug-likeness (QED) is 0.797. The maximum atomic E-state index is 11.4. The smallest absolute Gasteiger partial charge is 0.267 e. The predicted octanol–water partition coefficient (Wildman–Crippen LogP) is 1.26. The van der Waals surface area contributed by atoms with E-state index in [2.05, 4.69) is 10.4 Å². The molecule has 16 heavy (non-hydrogen) atoms. The zero-order valence-electron chi connectivity index (χ0n) is 8.48. The highest BCUT2D eigenvalue weighted by molar-refractivity contribution is 6.42. The summed E-state index contributed by atoms with van der Waals surface area (Å²) in [7, 11) is 0. The minimum absolute atomic E-state index is 0.0403. The molecule has 3 rings (SSSR count). The molecule has 1 N–H and O–H groups in total. The van der Waals surface area contributed by atoms with Crippen molar-refractivity contribution >= 4 is 28.9 Å². The molecule has 1 saturated heterocycles. The lowest BCUT2D eigenvalue weighted by atomic mass is 10.1. The normalized spacial score (nSPS) is 23.1. The largest absolute Gasteiger partial charge is 0.350 e. The molecule has 82 valence electrons. The Morgan fingerprint density at radius 1 is 1.38 bits per heavy atom. The number of nitrogens with zero attached hydrogens (tertiary/aromatic N) is 2. The highest BCUT2D eigenvalue weighted by Gasteiger charge is 2.37. The molecule has 1 unspecified atom stereocenters. The summed E-state index contributed by atoms with van der Waals surface area (Å²) >= 11 is 5.82. The van der Waals surface area contributed by atoms with Gasteiger partial charge in [-0.15, -0.1) is 0 Å². The van der Waals surface area contributed by atoms with Crippen LogP contribution in [0, 0.1) is 5.92 Å². The van der Waals surface area contributed by atoms with E-state index in [1.54, 1.807) is 0 Å². The second-order valence-corrected chi connectivity index (χ2v) is 4.39. The SMILES string of the molecule is O=C1NCC2CN(c3ccc(Cl)cc3)N=C12. The topological polar surface area (TPSA) is 44.7 Å². The molecule has 4 nitrogen and oxygen atoms in total. The van der Waals surface area contributed by atoms with Crippen LogP contribution in [-0.2, 0) is 4.79 Å². The first-order valence-corrected chi connectivity index (χ1v) is 5.51. The Bertz CT molecular complexity index is 469. The van der Waals surface area contributed by atoms with Crippen molar-refractivity contribution in [3.05, 3.63) is 29.3 Å². The number of carbonyl (C=O) groups excluding carboxylic acids is 1. The average molecular weight is 236 g/mol. The van der Waals surface area contributed by atoms with E-state index in [-0.39, 0.29) is 11.8 Å². The van der Waals surface area contributed by atoms with Crippen molar-refractivity contribution in [3.63, 3.8) is 0 Å². The molecular formula is C11H10ClN3O. The zero-order valence-corrected chi connectivity index (χ0v) is 9.24. The Balaban J connectivity index is 1.89. The van der Waals surface area contributed by atoms with Gasteiger partial charge >= 0.3 is 0 Å². The molecule has 0 bridgehead atoms. The van der Waals surface area contributed by atoms with Crippen molar-refractivity contribution in [2.24, 2.45) is 11.0 Å². The minimum atomic E-state index is -0.0403. The van der Waals surface area contributed by atoms with Crippen LogP contribution in [0.1, 0.15) is 0 Å². The van der Waals surface area contributed by atoms with Crippen molar-refractivity contribution < 1.29 is 4.79 Å². The molecule has 1 aromatic carbocycles. The molecule has 5 heteroatoms. The molecule has 1 atom stereocenters. The summed E-state index contributed by atoms with van der Waals surface area (Å²) in [4.78, 5) is 11.4. The molecule has 1 aromatic rings. The standard InChI is InChI=1S/C11H10ClN3O/c12-8-1-3-9(4-2-8)15-6-7-5-13-11(16)10(7)14-15/h1-4,7H,5-6H2,(H,13,16). The third-order valence-corrected chi connectivity index (χ3v) is 3.13. The molecule has 0 aliphatic carbocycles. The number of nitrogens with one attached hydrogen (secondary N) is 1. The van der Waals surface area contributed by atoms with Gasteiger partial charge in [-0.05, 0) is 24.3 Å². The number of hydrogen-bond donors (Lipinski definition) is 1. The molecule has 2 aliphatic rings. The van der Waals surface area contributed by atoms with Crippen LogP contribution in [0.3, 0.4) is 0 Å². The number of anilines is 1. The van der Waals surface area contributed by atoms with Crippen LogP contribution in [0.4, 0.5) is 5.69 Å². The van der Waals surface area contributed by atoms with Crippen molar-refractivity contribution in [1.29, 1.82) is 0 Å². The highest BCUT2D eigenvalue weighted by atomic mass is 35.5. The number of benzene rings is 1. The first-order valence-electron chi connectivity index (χ1n) is 5.14. The average Bonchev–Trinajstić information content (AvgIpc) is 2.83. The van der Waals surface area contributed by atoms with Crippen LogP contribution in [0.5, 0.6) is 0 Å². The molecule has 1 amide bonds. The van der Waals surface area contributed by atoms with Gasteiger partial charge in [0, 0.05) is 17.5 Å². The number of halogens is 1. The maximum Gasteiger partial charge on any atom is 0.267 e. The minimum Gasteiger partial charge on any atom is -0.350 e. The summed E-state index contributed by atoms with van der Waals surface area (Å²) in [5.41, 5.74) is 1.62. The van der Waals surface area contributed by atoms with Gasteiger partial charge in [0.1, 0.15) is 5.71 Å². The van der Waals surface area contributed by atoms with Gasteiger partial charge in [0.25, 0.3) is 5.91 Å². The fourth-order valence-electron chi connectivity index (χ4n) is 2.02. The maximum absolute atomic E-state index is 11.4. The summed E-state index contributed by atoms with van der Waals surface area (Å²) in [5.74, 6) is 0.185. The highest BCUT2D eigenvalue weighted by Crippen LogP contribution is 2.25.